The van der Waals surface area contributed by atoms with Crippen molar-refractivity contribution in [3.05, 3.63) is 30.3 Å². The number of ether oxygens (including phenoxy) is 1. The van der Waals surface area contributed by atoms with E-state index in [4.69, 9.17) is 4.74 Å². The Kier molecular flexibility index (Phi) is 8.26. The summed E-state index contributed by atoms with van der Waals surface area (Å²) < 4.78 is 7.70. The van der Waals surface area contributed by atoms with Crippen LogP contribution in [0.15, 0.2) is 35.5 Å². The Bertz CT molecular complexity index is 950. The molecule has 0 atom stereocenters. The van der Waals surface area contributed by atoms with Crippen LogP contribution in [0.25, 0.3) is 5.69 Å². The SMILES string of the molecule is O=C(CSc1nnc(N2CCCCC2)n1-c1ccccc1)NCC1(N2CCOCC2)CCCCC1. The minimum atomic E-state index is 0.0651. The highest BCUT2D eigenvalue weighted by Crippen LogP contribution is 2.34. The molecule has 5 rings (SSSR count). The number of carbonyl (C=O) groups is 1. The quantitative estimate of drug-likeness (QED) is 0.558. The molecular weight excluding hydrogens is 460 g/mol. The number of piperidine rings is 1. The lowest BCUT2D eigenvalue weighted by atomic mass is 9.79. The molecule has 2 saturated heterocycles. The van der Waals surface area contributed by atoms with Crippen LogP contribution in [0.4, 0.5) is 5.95 Å². The van der Waals surface area contributed by atoms with Gasteiger partial charge in [0.1, 0.15) is 0 Å². The van der Waals surface area contributed by atoms with Crippen molar-refractivity contribution in [1.82, 2.24) is 25.0 Å². The van der Waals surface area contributed by atoms with Crippen LogP contribution in [0.1, 0.15) is 51.4 Å². The van der Waals surface area contributed by atoms with Gasteiger partial charge in [0.05, 0.1) is 24.7 Å². The number of hydrogen-bond acceptors (Lipinski definition) is 7. The molecule has 1 aromatic carbocycles. The van der Waals surface area contributed by atoms with Gasteiger partial charge in [-0.25, -0.2) is 0 Å². The van der Waals surface area contributed by atoms with Gasteiger partial charge in [-0.15, -0.1) is 10.2 Å². The third-order valence-electron chi connectivity index (χ3n) is 7.68. The molecule has 1 aromatic heterocycles. The molecule has 3 aliphatic rings. The maximum Gasteiger partial charge on any atom is 0.232 e. The summed E-state index contributed by atoms with van der Waals surface area (Å²) in [5.41, 5.74) is 1.11. The average Bonchev–Trinajstić information content (AvgIpc) is 3.37. The molecule has 0 spiro atoms. The van der Waals surface area contributed by atoms with E-state index in [2.05, 4.69) is 42.0 Å². The lowest BCUT2D eigenvalue weighted by Crippen LogP contribution is -2.59. The van der Waals surface area contributed by atoms with Crippen molar-refractivity contribution < 1.29 is 9.53 Å². The molecule has 2 aromatic rings. The van der Waals surface area contributed by atoms with Crippen LogP contribution >= 0.6 is 11.8 Å². The fraction of sp³-hybridized carbons (Fsp3) is 0.654. The normalized spacial score (nSPS) is 21.1. The summed E-state index contributed by atoms with van der Waals surface area (Å²) in [5, 5.41) is 13.1. The largest absolute Gasteiger partial charge is 0.379 e. The number of nitrogens with zero attached hydrogens (tertiary/aromatic N) is 5. The molecule has 3 heterocycles. The number of hydrogen-bond donors (Lipinski definition) is 1. The zero-order valence-electron chi connectivity index (χ0n) is 20.7. The summed E-state index contributed by atoms with van der Waals surface area (Å²) in [6.45, 7) is 6.23. The van der Waals surface area contributed by atoms with Crippen LogP contribution in [0.5, 0.6) is 0 Å². The van der Waals surface area contributed by atoms with E-state index >= 15 is 0 Å². The number of rotatable bonds is 8. The van der Waals surface area contributed by atoms with E-state index in [1.54, 1.807) is 0 Å². The number of carbonyl (C=O) groups excluding carboxylic acids is 1. The Morgan fingerprint density at radius 3 is 2.40 bits per heavy atom. The van der Waals surface area contributed by atoms with Gasteiger partial charge in [0.25, 0.3) is 0 Å². The molecule has 3 fully saturated rings. The van der Waals surface area contributed by atoms with Gasteiger partial charge < -0.3 is 15.0 Å². The van der Waals surface area contributed by atoms with Crippen LogP contribution in [0, 0.1) is 0 Å². The predicted octanol–water partition coefficient (Wildman–Crippen LogP) is 3.50. The minimum absolute atomic E-state index is 0.0651. The number of thioether (sulfide) groups is 1. The Balaban J connectivity index is 1.25. The summed E-state index contributed by atoms with van der Waals surface area (Å²) in [6.07, 6.45) is 9.70. The first-order valence-corrected chi connectivity index (χ1v) is 14.2. The molecule has 0 radical (unpaired) electrons. The number of morpholine rings is 1. The molecular formula is C26H38N6O2S. The topological polar surface area (TPSA) is 75.5 Å². The summed E-state index contributed by atoms with van der Waals surface area (Å²) in [6, 6.07) is 10.2. The molecule has 0 bridgehead atoms. The van der Waals surface area contributed by atoms with Crippen LogP contribution in [-0.2, 0) is 9.53 Å². The van der Waals surface area contributed by atoms with Gasteiger partial charge in [-0.2, -0.15) is 0 Å². The van der Waals surface area contributed by atoms with Gasteiger partial charge in [-0.05, 0) is 44.2 Å². The van der Waals surface area contributed by atoms with Crippen LogP contribution in [-0.4, -0.2) is 82.8 Å². The molecule has 1 aliphatic carbocycles. The van der Waals surface area contributed by atoms with Gasteiger partial charge in [-0.3, -0.25) is 14.3 Å². The van der Waals surface area contributed by atoms with Gasteiger partial charge in [-0.1, -0.05) is 49.2 Å². The smallest absolute Gasteiger partial charge is 0.232 e. The fourth-order valence-electron chi connectivity index (χ4n) is 5.75. The fourth-order valence-corrected chi connectivity index (χ4v) is 6.53. The lowest BCUT2D eigenvalue weighted by Gasteiger charge is -2.48. The van der Waals surface area contributed by atoms with Crippen molar-refractivity contribution >= 4 is 23.6 Å². The molecule has 190 valence electrons. The van der Waals surface area contributed by atoms with Crippen molar-refractivity contribution in [2.45, 2.75) is 62.1 Å². The Hall–Kier alpha value is -2.10. The monoisotopic (exact) mass is 498 g/mol. The lowest BCUT2D eigenvalue weighted by molar-refractivity contribution is -0.119. The van der Waals surface area contributed by atoms with Crippen LogP contribution < -0.4 is 10.2 Å². The highest BCUT2D eigenvalue weighted by molar-refractivity contribution is 7.99. The molecule has 1 N–H and O–H groups in total. The Morgan fingerprint density at radius 2 is 1.66 bits per heavy atom. The van der Waals surface area contributed by atoms with E-state index in [-0.39, 0.29) is 11.4 Å². The average molecular weight is 499 g/mol. The van der Waals surface area contributed by atoms with Crippen molar-refractivity contribution in [2.24, 2.45) is 0 Å². The van der Waals surface area contributed by atoms with Gasteiger partial charge in [0.2, 0.25) is 11.9 Å². The van der Waals surface area contributed by atoms with Crippen molar-refractivity contribution in [3.63, 3.8) is 0 Å². The van der Waals surface area contributed by atoms with Crippen molar-refractivity contribution in [3.8, 4) is 5.69 Å². The zero-order valence-corrected chi connectivity index (χ0v) is 21.5. The highest BCUT2D eigenvalue weighted by atomic mass is 32.2. The summed E-state index contributed by atoms with van der Waals surface area (Å²) >= 11 is 1.47. The van der Waals surface area contributed by atoms with Crippen molar-refractivity contribution in [1.29, 1.82) is 0 Å². The number of nitrogens with one attached hydrogen (secondary N) is 1. The van der Waals surface area contributed by atoms with E-state index in [9.17, 15) is 4.79 Å². The van der Waals surface area contributed by atoms with Gasteiger partial charge in [0.15, 0.2) is 5.16 Å². The maximum atomic E-state index is 13.0. The highest BCUT2D eigenvalue weighted by Gasteiger charge is 2.38. The predicted molar refractivity (Wildman–Crippen MR) is 139 cm³/mol. The van der Waals surface area contributed by atoms with Gasteiger partial charge >= 0.3 is 0 Å². The third kappa shape index (κ3) is 5.84. The van der Waals surface area contributed by atoms with Crippen LogP contribution in [0.3, 0.4) is 0 Å². The number of benzene rings is 1. The Morgan fingerprint density at radius 1 is 0.943 bits per heavy atom. The maximum absolute atomic E-state index is 13.0. The Labute approximate surface area is 212 Å². The second-order valence-electron chi connectivity index (χ2n) is 9.95. The number of aromatic nitrogens is 3. The first kappa shape index (κ1) is 24.6. The summed E-state index contributed by atoms with van der Waals surface area (Å²) in [5.74, 6) is 1.28. The van der Waals surface area contributed by atoms with E-state index in [0.717, 1.165) is 75.6 Å². The molecule has 8 nitrogen and oxygen atoms in total. The number of anilines is 1. The second-order valence-corrected chi connectivity index (χ2v) is 10.9. The van der Waals surface area contributed by atoms with Crippen LogP contribution in [0.2, 0.25) is 0 Å². The van der Waals surface area contributed by atoms with Gasteiger partial charge in [0, 0.05) is 38.3 Å². The molecule has 0 unspecified atom stereocenters. The standard InChI is InChI=1S/C26H38N6O2S/c33-23(27-21-26(12-6-2-7-13-26)31-16-18-34-19-17-31)20-35-25-29-28-24(30-14-8-3-9-15-30)32(25)22-10-4-1-5-11-22/h1,4-5,10-11H,2-3,6-9,12-21H2,(H,27,33). The molecule has 1 amide bonds. The molecule has 2 aliphatic heterocycles. The molecule has 35 heavy (non-hydrogen) atoms. The summed E-state index contributed by atoms with van der Waals surface area (Å²) in [7, 11) is 0. The van der Waals surface area contributed by atoms with E-state index in [1.165, 1.54) is 50.3 Å². The van der Waals surface area contributed by atoms with E-state index in [1.807, 2.05) is 18.2 Å². The van der Waals surface area contributed by atoms with E-state index in [0.29, 0.717) is 5.75 Å². The molecule has 1 saturated carbocycles. The minimum Gasteiger partial charge on any atom is -0.379 e. The number of para-hydroxylation sites is 1. The first-order valence-electron chi connectivity index (χ1n) is 13.2. The summed E-state index contributed by atoms with van der Waals surface area (Å²) in [4.78, 5) is 17.9. The molecule has 9 heteroatoms. The second kappa shape index (κ2) is 11.8. The third-order valence-corrected chi connectivity index (χ3v) is 8.61. The van der Waals surface area contributed by atoms with Crippen molar-refractivity contribution in [2.75, 3.05) is 56.6 Å². The first-order chi connectivity index (χ1) is 17.3. The zero-order chi connectivity index (χ0) is 23.9. The van der Waals surface area contributed by atoms with E-state index < -0.39 is 0 Å². The number of amides is 1.